The Morgan fingerprint density at radius 3 is 2.83 bits per heavy atom. The van der Waals surface area contributed by atoms with Gasteiger partial charge in [0.15, 0.2) is 0 Å². The van der Waals surface area contributed by atoms with Gasteiger partial charge in [0, 0.05) is 25.7 Å². The zero-order valence-electron chi connectivity index (χ0n) is 17.5. The second-order valence-electron chi connectivity index (χ2n) is 10.8. The summed E-state index contributed by atoms with van der Waals surface area (Å²) in [5.74, 6) is 6.57. The maximum atomic E-state index is 12.7. The third-order valence-electron chi connectivity index (χ3n) is 10.0. The Morgan fingerprint density at radius 1 is 1.17 bits per heavy atom. The van der Waals surface area contributed by atoms with Gasteiger partial charge in [-0.05, 0) is 78.7 Å². The maximum absolute atomic E-state index is 12.7. The molecular weight excluding hydrogens is 378 g/mol. The highest BCUT2D eigenvalue weighted by Crippen LogP contribution is 2.85. The molecule has 10 atom stereocenters. The number of methoxy groups -OCH3 is 1. The molecule has 2 bridgehead atoms. The summed E-state index contributed by atoms with van der Waals surface area (Å²) in [4.78, 5) is 15.0. The minimum absolute atomic E-state index is 0.113. The topological polar surface area (TPSA) is 73.8 Å². The molecule has 6 fully saturated rings. The normalized spacial score (nSPS) is 48.3. The molecule has 1 heterocycles. The SMILES string of the molecule is COc1ccccc1N1CCC(NC(=O)NCC2(O)C3C4CC5C6C4CC3C6C52)C1. The smallest absolute Gasteiger partial charge is 0.315 e. The Hall–Kier alpha value is -1.95. The van der Waals surface area contributed by atoms with E-state index in [1.807, 2.05) is 18.2 Å². The lowest BCUT2D eigenvalue weighted by Gasteiger charge is -2.51. The maximum Gasteiger partial charge on any atom is 0.315 e. The van der Waals surface area contributed by atoms with Crippen LogP contribution in [-0.2, 0) is 0 Å². The number of urea groups is 1. The van der Waals surface area contributed by atoms with Crippen molar-refractivity contribution in [2.45, 2.75) is 30.9 Å². The Kier molecular flexibility index (Phi) is 3.45. The average molecular weight is 410 g/mol. The van der Waals surface area contributed by atoms with Gasteiger partial charge in [-0.15, -0.1) is 0 Å². The minimum atomic E-state index is -0.652. The highest BCUT2D eigenvalue weighted by atomic mass is 16.5. The molecule has 1 aromatic rings. The first-order chi connectivity index (χ1) is 14.6. The van der Waals surface area contributed by atoms with Crippen molar-refractivity contribution in [3.8, 4) is 5.75 Å². The summed E-state index contributed by atoms with van der Waals surface area (Å²) in [6, 6.07) is 8.01. The van der Waals surface area contributed by atoms with E-state index < -0.39 is 5.60 Å². The summed E-state index contributed by atoms with van der Waals surface area (Å²) in [7, 11) is 1.69. The van der Waals surface area contributed by atoms with Crippen LogP contribution in [0.4, 0.5) is 10.5 Å². The van der Waals surface area contributed by atoms with Gasteiger partial charge in [-0.25, -0.2) is 4.79 Å². The van der Waals surface area contributed by atoms with Gasteiger partial charge in [-0.1, -0.05) is 12.1 Å². The van der Waals surface area contributed by atoms with Crippen LogP contribution in [0.15, 0.2) is 24.3 Å². The number of hydrogen-bond acceptors (Lipinski definition) is 4. The number of aliphatic hydroxyl groups is 1. The third kappa shape index (κ3) is 2.02. The van der Waals surface area contributed by atoms with Crippen molar-refractivity contribution in [2.24, 2.45) is 47.3 Å². The van der Waals surface area contributed by atoms with Gasteiger partial charge in [0.2, 0.25) is 0 Å². The number of hydrogen-bond donors (Lipinski definition) is 3. The summed E-state index contributed by atoms with van der Waals surface area (Å²) in [6.07, 6.45) is 3.62. The molecular formula is C24H31N3O3. The number of carbonyl (C=O) groups excluding carboxylic acids is 1. The highest BCUT2D eigenvalue weighted by Gasteiger charge is 2.84. The van der Waals surface area contributed by atoms with Crippen LogP contribution in [0.25, 0.3) is 0 Å². The molecule has 5 saturated carbocycles. The van der Waals surface area contributed by atoms with E-state index in [2.05, 4.69) is 21.6 Å². The fraction of sp³-hybridized carbons (Fsp3) is 0.708. The van der Waals surface area contributed by atoms with E-state index in [4.69, 9.17) is 4.74 Å². The molecule has 160 valence electrons. The van der Waals surface area contributed by atoms with E-state index in [-0.39, 0.29) is 12.1 Å². The van der Waals surface area contributed by atoms with E-state index in [1.54, 1.807) is 7.11 Å². The van der Waals surface area contributed by atoms with Crippen molar-refractivity contribution in [1.29, 1.82) is 0 Å². The quantitative estimate of drug-likeness (QED) is 0.696. The molecule has 6 nitrogen and oxygen atoms in total. The van der Waals surface area contributed by atoms with Gasteiger partial charge in [-0.2, -0.15) is 0 Å². The molecule has 30 heavy (non-hydrogen) atoms. The minimum Gasteiger partial charge on any atom is -0.495 e. The van der Waals surface area contributed by atoms with E-state index in [0.29, 0.717) is 18.4 Å². The number of amides is 2. The molecule has 0 spiro atoms. The van der Waals surface area contributed by atoms with Crippen molar-refractivity contribution in [3.63, 3.8) is 0 Å². The standard InChI is InChI=1S/C24H31N3O3/c1-30-18-5-3-2-4-17(18)27-7-6-12(10-27)26-23(28)25-11-24(29)21-14-9-15-19-13(14)8-16(21)20(19)22(15)24/h2-5,12-16,19-22,29H,6-11H2,1H3,(H2,25,26,28). The van der Waals surface area contributed by atoms with Crippen molar-refractivity contribution in [3.05, 3.63) is 24.3 Å². The second-order valence-corrected chi connectivity index (χ2v) is 10.8. The molecule has 6 aliphatic rings. The fourth-order valence-electron chi connectivity index (χ4n) is 9.41. The summed E-state index contributed by atoms with van der Waals surface area (Å²) in [5.41, 5.74) is 0.427. The number of benzene rings is 1. The Balaban J connectivity index is 0.978. The molecule has 1 saturated heterocycles. The number of carbonyl (C=O) groups is 1. The summed E-state index contributed by atoms with van der Waals surface area (Å²) in [5, 5.41) is 17.9. The number of fused-ring (bicyclic) bond motifs is 2. The first kappa shape index (κ1) is 17.7. The molecule has 2 amide bonds. The zero-order chi connectivity index (χ0) is 20.2. The molecule has 10 unspecified atom stereocenters. The number of anilines is 1. The van der Waals surface area contributed by atoms with Crippen LogP contribution >= 0.6 is 0 Å². The lowest BCUT2D eigenvalue weighted by Crippen LogP contribution is -2.60. The summed E-state index contributed by atoms with van der Waals surface area (Å²) >= 11 is 0. The average Bonchev–Trinajstić information content (AvgIpc) is 3.43. The Labute approximate surface area is 177 Å². The second kappa shape index (κ2) is 5.84. The number of nitrogens with zero attached hydrogens (tertiary/aromatic N) is 1. The lowest BCUT2D eigenvalue weighted by atomic mass is 9.56. The van der Waals surface area contributed by atoms with Gasteiger partial charge >= 0.3 is 6.03 Å². The summed E-state index contributed by atoms with van der Waals surface area (Å²) < 4.78 is 5.48. The lowest BCUT2D eigenvalue weighted by molar-refractivity contribution is -0.126. The monoisotopic (exact) mass is 409 g/mol. The number of para-hydroxylation sites is 2. The molecule has 1 aromatic carbocycles. The van der Waals surface area contributed by atoms with Crippen LogP contribution in [0.5, 0.6) is 5.75 Å². The van der Waals surface area contributed by atoms with Crippen molar-refractivity contribution < 1.29 is 14.6 Å². The largest absolute Gasteiger partial charge is 0.495 e. The predicted octanol–water partition coefficient (Wildman–Crippen LogP) is 2.08. The third-order valence-corrected chi connectivity index (χ3v) is 10.0. The number of ether oxygens (including phenoxy) is 1. The highest BCUT2D eigenvalue weighted by molar-refractivity contribution is 5.74. The van der Waals surface area contributed by atoms with Gasteiger partial charge in [-0.3, -0.25) is 0 Å². The first-order valence-electron chi connectivity index (χ1n) is 11.7. The fourth-order valence-corrected chi connectivity index (χ4v) is 9.41. The molecule has 1 aliphatic heterocycles. The van der Waals surface area contributed by atoms with Crippen molar-refractivity contribution in [1.82, 2.24) is 10.6 Å². The number of rotatable bonds is 5. The van der Waals surface area contributed by atoms with Gasteiger partial charge in [0.1, 0.15) is 5.75 Å². The molecule has 6 heteroatoms. The van der Waals surface area contributed by atoms with Crippen molar-refractivity contribution >= 4 is 11.7 Å². The van der Waals surface area contributed by atoms with Crippen LogP contribution in [0.2, 0.25) is 0 Å². The van der Waals surface area contributed by atoms with E-state index in [1.165, 1.54) is 12.8 Å². The van der Waals surface area contributed by atoms with E-state index in [0.717, 1.165) is 66.5 Å². The van der Waals surface area contributed by atoms with Gasteiger partial charge in [0.25, 0.3) is 0 Å². The van der Waals surface area contributed by atoms with Crippen LogP contribution in [0.3, 0.4) is 0 Å². The van der Waals surface area contributed by atoms with E-state index in [9.17, 15) is 9.90 Å². The molecule has 3 N–H and O–H groups in total. The molecule has 0 aromatic heterocycles. The van der Waals surface area contributed by atoms with Crippen LogP contribution < -0.4 is 20.3 Å². The molecule has 7 rings (SSSR count). The molecule has 5 aliphatic carbocycles. The van der Waals surface area contributed by atoms with Crippen LogP contribution in [0.1, 0.15) is 19.3 Å². The van der Waals surface area contributed by atoms with Crippen molar-refractivity contribution in [2.75, 3.05) is 31.6 Å². The Morgan fingerprint density at radius 2 is 1.97 bits per heavy atom. The Bertz CT molecular complexity index is 901. The predicted molar refractivity (Wildman–Crippen MR) is 112 cm³/mol. The first-order valence-corrected chi connectivity index (χ1v) is 11.7. The van der Waals surface area contributed by atoms with Crippen LogP contribution in [-0.4, -0.2) is 49.5 Å². The van der Waals surface area contributed by atoms with E-state index >= 15 is 0 Å². The van der Waals surface area contributed by atoms with Crippen LogP contribution in [0, 0.1) is 47.3 Å². The molecule has 0 radical (unpaired) electrons. The summed E-state index contributed by atoms with van der Waals surface area (Å²) in [6.45, 7) is 2.10. The van der Waals surface area contributed by atoms with Gasteiger partial charge < -0.3 is 25.4 Å². The number of nitrogens with one attached hydrogen (secondary N) is 2. The zero-order valence-corrected chi connectivity index (χ0v) is 17.5. The van der Waals surface area contributed by atoms with Gasteiger partial charge in [0.05, 0.1) is 18.4 Å².